The zero-order valence-corrected chi connectivity index (χ0v) is 15.3. The minimum atomic E-state index is -0.172. The van der Waals surface area contributed by atoms with Gasteiger partial charge in [-0.3, -0.25) is 0 Å². The fourth-order valence-corrected chi connectivity index (χ4v) is 3.40. The Morgan fingerprint density at radius 1 is 1.12 bits per heavy atom. The topological polar surface area (TPSA) is 43.2 Å². The maximum atomic E-state index is 5.96. The highest BCUT2D eigenvalue weighted by atomic mass is 16.5. The second-order valence-electron chi connectivity index (χ2n) is 6.77. The van der Waals surface area contributed by atoms with Crippen LogP contribution in [0.15, 0.2) is 54.7 Å². The van der Waals surface area contributed by atoms with Crippen molar-refractivity contribution in [3.05, 3.63) is 77.1 Å². The third-order valence-corrected chi connectivity index (χ3v) is 4.80. The molecule has 0 bridgehead atoms. The first-order chi connectivity index (χ1) is 12.7. The number of anilines is 1. The lowest BCUT2D eigenvalue weighted by atomic mass is 10.1. The van der Waals surface area contributed by atoms with E-state index in [1.807, 2.05) is 10.9 Å². The lowest BCUT2D eigenvalue weighted by molar-refractivity contribution is 0.110. The molecule has 1 atom stereocenters. The van der Waals surface area contributed by atoms with E-state index in [9.17, 15) is 0 Å². The Morgan fingerprint density at radius 3 is 2.73 bits per heavy atom. The van der Waals surface area contributed by atoms with E-state index in [-0.39, 0.29) is 6.23 Å². The molecule has 0 saturated carbocycles. The Labute approximate surface area is 154 Å². The van der Waals surface area contributed by atoms with Crippen molar-refractivity contribution < 1.29 is 4.74 Å². The van der Waals surface area contributed by atoms with Crippen molar-refractivity contribution >= 4 is 5.69 Å². The Bertz CT molecular complexity index is 872. The Balaban J connectivity index is 1.52. The molecule has 1 fully saturated rings. The van der Waals surface area contributed by atoms with Crippen LogP contribution in [-0.4, -0.2) is 28.1 Å². The summed E-state index contributed by atoms with van der Waals surface area (Å²) in [6, 6.07) is 17.2. The second-order valence-corrected chi connectivity index (χ2v) is 6.77. The summed E-state index contributed by atoms with van der Waals surface area (Å²) < 4.78 is 7.83. The molecule has 1 aliphatic heterocycles. The van der Waals surface area contributed by atoms with Gasteiger partial charge in [0.15, 0.2) is 6.23 Å². The van der Waals surface area contributed by atoms with Crippen molar-refractivity contribution in [3.63, 3.8) is 0 Å². The highest BCUT2D eigenvalue weighted by Crippen LogP contribution is 2.31. The Hall–Kier alpha value is -2.66. The zero-order valence-electron chi connectivity index (χ0n) is 15.3. The molecule has 0 spiro atoms. The highest BCUT2D eigenvalue weighted by molar-refractivity contribution is 5.49. The molecule has 5 nitrogen and oxygen atoms in total. The number of aromatic nitrogens is 3. The minimum absolute atomic E-state index is 0.172. The smallest absolute Gasteiger partial charge is 0.177 e. The van der Waals surface area contributed by atoms with Crippen LogP contribution in [0.1, 0.15) is 35.5 Å². The molecule has 0 amide bonds. The predicted molar refractivity (Wildman–Crippen MR) is 102 cm³/mol. The molecule has 2 heterocycles. The molecule has 2 aromatic carbocycles. The van der Waals surface area contributed by atoms with Gasteiger partial charge in [-0.15, -0.1) is 5.10 Å². The maximum absolute atomic E-state index is 5.96. The van der Waals surface area contributed by atoms with Crippen LogP contribution in [0.2, 0.25) is 0 Å². The van der Waals surface area contributed by atoms with Gasteiger partial charge in [0.05, 0.1) is 19.3 Å². The van der Waals surface area contributed by atoms with Crippen molar-refractivity contribution in [2.45, 2.75) is 33.0 Å². The van der Waals surface area contributed by atoms with Gasteiger partial charge in [0.1, 0.15) is 5.69 Å². The number of benzene rings is 2. The molecule has 4 rings (SSSR count). The van der Waals surface area contributed by atoms with Gasteiger partial charge in [-0.2, -0.15) is 0 Å². The molecule has 1 saturated heterocycles. The summed E-state index contributed by atoms with van der Waals surface area (Å²) in [5.74, 6) is 0. The normalized spacial score (nSPS) is 17.0. The van der Waals surface area contributed by atoms with Gasteiger partial charge in [-0.25, -0.2) is 4.68 Å². The number of hydrogen-bond donors (Lipinski definition) is 0. The molecule has 0 aliphatic carbocycles. The van der Waals surface area contributed by atoms with Crippen LogP contribution in [0.5, 0.6) is 0 Å². The molecular weight excluding hydrogens is 324 g/mol. The van der Waals surface area contributed by atoms with Crippen molar-refractivity contribution in [2.75, 3.05) is 18.1 Å². The third-order valence-electron chi connectivity index (χ3n) is 4.80. The van der Waals surface area contributed by atoms with Gasteiger partial charge in [0, 0.05) is 12.2 Å². The van der Waals surface area contributed by atoms with Crippen molar-refractivity contribution in [3.8, 4) is 0 Å². The summed E-state index contributed by atoms with van der Waals surface area (Å²) in [7, 11) is 0. The van der Waals surface area contributed by atoms with E-state index in [2.05, 4.69) is 77.6 Å². The molecule has 0 unspecified atom stereocenters. The summed E-state index contributed by atoms with van der Waals surface area (Å²) in [5, 5.41) is 8.67. The van der Waals surface area contributed by atoms with Crippen molar-refractivity contribution in [1.29, 1.82) is 0 Å². The van der Waals surface area contributed by atoms with E-state index in [0.29, 0.717) is 13.2 Å². The molecular formula is C21H24N4O. The average molecular weight is 348 g/mol. The Morgan fingerprint density at radius 2 is 1.96 bits per heavy atom. The summed E-state index contributed by atoms with van der Waals surface area (Å²) in [6.07, 6.45) is 2.87. The largest absolute Gasteiger partial charge is 0.350 e. The number of rotatable bonds is 5. The third kappa shape index (κ3) is 3.48. The summed E-state index contributed by atoms with van der Waals surface area (Å²) >= 11 is 0. The van der Waals surface area contributed by atoms with Crippen molar-refractivity contribution in [1.82, 2.24) is 15.0 Å². The van der Waals surface area contributed by atoms with E-state index in [4.69, 9.17) is 4.74 Å². The van der Waals surface area contributed by atoms with Crippen LogP contribution in [0.3, 0.4) is 0 Å². The van der Waals surface area contributed by atoms with Gasteiger partial charge in [-0.05, 0) is 36.6 Å². The standard InChI is InChI=1S/C21H24N4O/c1-3-17-7-9-19(10-8-17)25-11-12-26-21(25)20-15-24(23-22-20)14-18-6-4-5-16(2)13-18/h4-10,13,15,21H,3,11-12,14H2,1-2H3/t21-/m0/s1. The van der Waals surface area contributed by atoms with Gasteiger partial charge >= 0.3 is 0 Å². The lowest BCUT2D eigenvalue weighted by Gasteiger charge is -2.23. The van der Waals surface area contributed by atoms with Gasteiger partial charge in [-0.1, -0.05) is 54.1 Å². The van der Waals surface area contributed by atoms with E-state index < -0.39 is 0 Å². The van der Waals surface area contributed by atoms with Crippen LogP contribution < -0.4 is 4.90 Å². The molecule has 0 N–H and O–H groups in total. The average Bonchev–Trinajstić information content (AvgIpc) is 3.31. The van der Waals surface area contributed by atoms with E-state index in [0.717, 1.165) is 24.3 Å². The van der Waals surface area contributed by atoms with Crippen LogP contribution in [0.25, 0.3) is 0 Å². The second kappa shape index (κ2) is 7.30. The fourth-order valence-electron chi connectivity index (χ4n) is 3.40. The number of hydrogen-bond acceptors (Lipinski definition) is 4. The molecule has 134 valence electrons. The number of aryl methyl sites for hydroxylation is 2. The van der Waals surface area contributed by atoms with Crippen molar-refractivity contribution in [2.24, 2.45) is 0 Å². The highest BCUT2D eigenvalue weighted by Gasteiger charge is 2.29. The zero-order chi connectivity index (χ0) is 17.9. The van der Waals surface area contributed by atoms with Crippen LogP contribution in [0.4, 0.5) is 5.69 Å². The summed E-state index contributed by atoms with van der Waals surface area (Å²) in [4.78, 5) is 2.25. The first-order valence-corrected chi connectivity index (χ1v) is 9.15. The van der Waals surface area contributed by atoms with E-state index in [1.54, 1.807) is 0 Å². The minimum Gasteiger partial charge on any atom is -0.350 e. The van der Waals surface area contributed by atoms with E-state index >= 15 is 0 Å². The van der Waals surface area contributed by atoms with Crippen LogP contribution in [0, 0.1) is 6.92 Å². The van der Waals surface area contributed by atoms with Gasteiger partial charge in [0.25, 0.3) is 0 Å². The SMILES string of the molecule is CCc1ccc(N2CCO[C@H]2c2cn(Cc3cccc(C)c3)nn2)cc1. The predicted octanol–water partition coefficient (Wildman–Crippen LogP) is 3.73. The van der Waals surface area contributed by atoms with Crippen LogP contribution in [-0.2, 0) is 17.7 Å². The Kier molecular flexibility index (Phi) is 4.71. The first kappa shape index (κ1) is 16.8. The maximum Gasteiger partial charge on any atom is 0.177 e. The molecule has 26 heavy (non-hydrogen) atoms. The number of nitrogens with zero attached hydrogens (tertiary/aromatic N) is 4. The quantitative estimate of drug-likeness (QED) is 0.705. The van der Waals surface area contributed by atoms with E-state index in [1.165, 1.54) is 16.7 Å². The lowest BCUT2D eigenvalue weighted by Crippen LogP contribution is -2.23. The first-order valence-electron chi connectivity index (χ1n) is 9.15. The summed E-state index contributed by atoms with van der Waals surface area (Å²) in [5.41, 5.74) is 5.84. The molecule has 5 heteroatoms. The molecule has 1 aromatic heterocycles. The number of ether oxygens (including phenoxy) is 1. The van der Waals surface area contributed by atoms with Gasteiger partial charge in [0.2, 0.25) is 0 Å². The molecule has 1 aliphatic rings. The summed E-state index contributed by atoms with van der Waals surface area (Å²) in [6.45, 7) is 6.55. The monoisotopic (exact) mass is 348 g/mol. The fraction of sp³-hybridized carbons (Fsp3) is 0.333. The molecule has 0 radical (unpaired) electrons. The van der Waals surface area contributed by atoms with Crippen LogP contribution >= 0.6 is 0 Å². The molecule has 3 aromatic rings. The van der Waals surface area contributed by atoms with Gasteiger partial charge < -0.3 is 9.64 Å².